The highest BCUT2D eigenvalue weighted by molar-refractivity contribution is 7.89. The fraction of sp³-hybridized carbons (Fsp3) is 0.481. The van der Waals surface area contributed by atoms with Crippen LogP contribution in [0.5, 0.6) is 0 Å². The van der Waals surface area contributed by atoms with Gasteiger partial charge in [-0.15, -0.1) is 0 Å². The summed E-state index contributed by atoms with van der Waals surface area (Å²) in [7, 11) is -1.93. The third-order valence-corrected chi connectivity index (χ3v) is 8.31. The van der Waals surface area contributed by atoms with E-state index < -0.39 is 10.0 Å². The molecule has 1 heterocycles. The van der Waals surface area contributed by atoms with E-state index in [0.29, 0.717) is 29.8 Å². The second-order valence-electron chi connectivity index (χ2n) is 9.50. The first-order valence-corrected chi connectivity index (χ1v) is 13.7. The van der Waals surface area contributed by atoms with Crippen molar-refractivity contribution in [3.05, 3.63) is 65.0 Å². The maximum atomic E-state index is 13.4. The van der Waals surface area contributed by atoms with Crippen LogP contribution in [0.3, 0.4) is 0 Å². The van der Waals surface area contributed by atoms with Crippen LogP contribution in [-0.4, -0.2) is 62.4 Å². The Hall–Kier alpha value is -2.42. The third-order valence-electron chi connectivity index (χ3n) is 6.27. The zero-order valence-electron chi connectivity index (χ0n) is 20.6. The minimum absolute atomic E-state index is 0.0664. The van der Waals surface area contributed by atoms with E-state index in [0.717, 1.165) is 32.1 Å². The van der Waals surface area contributed by atoms with Crippen molar-refractivity contribution in [2.45, 2.75) is 56.8 Å². The average Bonchev–Trinajstić information content (AvgIpc) is 2.74. The molecule has 0 saturated carbocycles. The summed E-state index contributed by atoms with van der Waals surface area (Å²) in [6, 6.07) is 11.1. The highest BCUT2D eigenvalue weighted by atomic mass is 32.2. The predicted molar refractivity (Wildman–Crippen MR) is 134 cm³/mol. The number of nitrogens with zero attached hydrogens (tertiary/aromatic N) is 2. The molecular formula is C27H35FN2O4S. The van der Waals surface area contributed by atoms with Crippen LogP contribution in [0.1, 0.15) is 48.8 Å². The van der Waals surface area contributed by atoms with Crippen molar-refractivity contribution in [2.24, 2.45) is 0 Å². The van der Waals surface area contributed by atoms with E-state index in [2.05, 4.69) is 0 Å². The summed E-state index contributed by atoms with van der Waals surface area (Å²) in [6.07, 6.45) is 5.14. The van der Waals surface area contributed by atoms with E-state index in [1.54, 1.807) is 53.5 Å². The molecule has 35 heavy (non-hydrogen) atoms. The van der Waals surface area contributed by atoms with Gasteiger partial charge in [0.05, 0.1) is 18.0 Å². The smallest absolute Gasteiger partial charge is 0.243 e. The number of hydrogen-bond donors (Lipinski definition) is 0. The van der Waals surface area contributed by atoms with E-state index >= 15 is 0 Å². The van der Waals surface area contributed by atoms with Crippen molar-refractivity contribution in [1.82, 2.24) is 9.21 Å². The Morgan fingerprint density at radius 3 is 2.06 bits per heavy atom. The van der Waals surface area contributed by atoms with Crippen molar-refractivity contribution in [3.8, 4) is 0 Å². The second kappa shape index (κ2) is 12.5. The van der Waals surface area contributed by atoms with Crippen LogP contribution < -0.4 is 0 Å². The number of halogens is 1. The van der Waals surface area contributed by atoms with Gasteiger partial charge < -0.3 is 0 Å². The number of rotatable bonds is 10. The van der Waals surface area contributed by atoms with Gasteiger partial charge in [0.2, 0.25) is 10.0 Å². The molecule has 0 N–H and O–H groups in total. The highest BCUT2D eigenvalue weighted by Crippen LogP contribution is 2.24. The largest absolute Gasteiger partial charge is 0.298 e. The minimum atomic E-state index is -3.62. The van der Waals surface area contributed by atoms with Gasteiger partial charge in [0, 0.05) is 25.9 Å². The summed E-state index contributed by atoms with van der Waals surface area (Å²) in [6.45, 7) is 2.97. The number of ketones is 2. The summed E-state index contributed by atoms with van der Waals surface area (Å²) in [5.74, 6) is -0.600. The standard InChI is InChI=1S/C27H35FN2O4S/c1-21-11-12-23(18-27(21)35(33,34)30-13-6-4-3-5-7-14-30)17-26(32)20-29(2)19-25(31)16-22-9-8-10-24(28)15-22/h8-12,15,18H,3-7,13-14,16-17,19-20H2,1-2H3. The molecule has 1 aliphatic heterocycles. The topological polar surface area (TPSA) is 74.8 Å². The van der Waals surface area contributed by atoms with Crippen LogP contribution in [0.2, 0.25) is 0 Å². The van der Waals surface area contributed by atoms with Crippen LogP contribution in [0.15, 0.2) is 47.4 Å². The van der Waals surface area contributed by atoms with Gasteiger partial charge in [-0.05, 0) is 61.7 Å². The van der Waals surface area contributed by atoms with Gasteiger partial charge in [0.25, 0.3) is 0 Å². The Labute approximate surface area is 208 Å². The molecule has 0 atom stereocenters. The first-order chi connectivity index (χ1) is 16.6. The number of carbonyl (C=O) groups excluding carboxylic acids is 2. The van der Waals surface area contributed by atoms with E-state index in [-0.39, 0.29) is 48.2 Å². The fourth-order valence-electron chi connectivity index (χ4n) is 4.50. The van der Waals surface area contributed by atoms with E-state index in [1.165, 1.54) is 12.1 Å². The molecule has 6 nitrogen and oxygen atoms in total. The van der Waals surface area contributed by atoms with Crippen molar-refractivity contribution in [3.63, 3.8) is 0 Å². The van der Waals surface area contributed by atoms with Gasteiger partial charge in [-0.3, -0.25) is 14.5 Å². The molecule has 0 spiro atoms. The van der Waals surface area contributed by atoms with Crippen LogP contribution >= 0.6 is 0 Å². The van der Waals surface area contributed by atoms with E-state index in [4.69, 9.17) is 0 Å². The van der Waals surface area contributed by atoms with Crippen molar-refractivity contribution < 1.29 is 22.4 Å². The molecule has 0 aliphatic carbocycles. The average molecular weight is 503 g/mol. The SMILES string of the molecule is Cc1ccc(CC(=O)CN(C)CC(=O)Cc2cccc(F)c2)cc1S(=O)(=O)N1CCCCCCC1. The first kappa shape index (κ1) is 27.2. The van der Waals surface area contributed by atoms with Gasteiger partial charge in [-0.2, -0.15) is 4.31 Å². The lowest BCUT2D eigenvalue weighted by Crippen LogP contribution is -2.34. The normalized spacial score (nSPS) is 15.5. The Kier molecular flexibility index (Phi) is 9.71. The number of benzene rings is 2. The van der Waals surface area contributed by atoms with E-state index in [1.807, 2.05) is 0 Å². The molecule has 0 bridgehead atoms. The Bertz CT molecular complexity index is 1140. The molecule has 0 amide bonds. The summed E-state index contributed by atoms with van der Waals surface area (Å²) < 4.78 is 41.6. The Balaban J connectivity index is 1.60. The van der Waals surface area contributed by atoms with Crippen molar-refractivity contribution in [1.29, 1.82) is 0 Å². The third kappa shape index (κ3) is 8.05. The van der Waals surface area contributed by atoms with Gasteiger partial charge >= 0.3 is 0 Å². The lowest BCUT2D eigenvalue weighted by Gasteiger charge is -2.25. The van der Waals surface area contributed by atoms with Crippen LogP contribution in [-0.2, 0) is 32.5 Å². The Morgan fingerprint density at radius 1 is 0.886 bits per heavy atom. The Morgan fingerprint density at radius 2 is 1.46 bits per heavy atom. The minimum Gasteiger partial charge on any atom is -0.298 e. The quantitative estimate of drug-likeness (QED) is 0.492. The van der Waals surface area contributed by atoms with Gasteiger partial charge in [-0.25, -0.2) is 12.8 Å². The fourth-order valence-corrected chi connectivity index (χ4v) is 6.29. The molecule has 3 rings (SSSR count). The monoisotopic (exact) mass is 502 g/mol. The van der Waals surface area contributed by atoms with Crippen molar-refractivity contribution >= 4 is 21.6 Å². The van der Waals surface area contributed by atoms with Crippen LogP contribution in [0, 0.1) is 12.7 Å². The molecule has 1 fully saturated rings. The van der Waals surface area contributed by atoms with Crippen molar-refractivity contribution in [2.75, 3.05) is 33.2 Å². The van der Waals surface area contributed by atoms with Crippen LogP contribution in [0.25, 0.3) is 0 Å². The molecule has 1 saturated heterocycles. The van der Waals surface area contributed by atoms with Crippen LogP contribution in [0.4, 0.5) is 4.39 Å². The number of likely N-dealkylation sites (N-methyl/N-ethyl adjacent to an activating group) is 1. The lowest BCUT2D eigenvalue weighted by molar-refractivity contribution is -0.121. The maximum Gasteiger partial charge on any atom is 0.243 e. The lowest BCUT2D eigenvalue weighted by atomic mass is 10.1. The number of hydrogen-bond acceptors (Lipinski definition) is 5. The number of Topliss-reactive ketones (excluding diaryl/α,β-unsaturated/α-hetero) is 2. The second-order valence-corrected chi connectivity index (χ2v) is 11.4. The molecule has 0 radical (unpaired) electrons. The molecule has 0 unspecified atom stereocenters. The zero-order chi connectivity index (χ0) is 25.4. The number of carbonyl (C=O) groups is 2. The highest BCUT2D eigenvalue weighted by Gasteiger charge is 2.26. The molecular weight excluding hydrogens is 467 g/mol. The van der Waals surface area contributed by atoms with Gasteiger partial charge in [0.15, 0.2) is 11.6 Å². The molecule has 8 heteroatoms. The summed E-state index contributed by atoms with van der Waals surface area (Å²) >= 11 is 0. The maximum absolute atomic E-state index is 13.4. The number of sulfonamides is 1. The summed E-state index contributed by atoms with van der Waals surface area (Å²) in [4.78, 5) is 26.9. The molecule has 1 aliphatic rings. The molecule has 0 aromatic heterocycles. The summed E-state index contributed by atoms with van der Waals surface area (Å²) in [5.41, 5.74) is 1.91. The molecule has 2 aromatic rings. The molecule has 190 valence electrons. The van der Waals surface area contributed by atoms with Gasteiger partial charge in [0.1, 0.15) is 5.82 Å². The zero-order valence-corrected chi connectivity index (χ0v) is 21.4. The first-order valence-electron chi connectivity index (χ1n) is 12.2. The predicted octanol–water partition coefficient (Wildman–Crippen LogP) is 3.94. The molecule has 2 aromatic carbocycles. The summed E-state index contributed by atoms with van der Waals surface area (Å²) in [5, 5.41) is 0. The van der Waals surface area contributed by atoms with E-state index in [9.17, 15) is 22.4 Å². The van der Waals surface area contributed by atoms with Gasteiger partial charge in [-0.1, -0.05) is 43.5 Å². The number of aryl methyl sites for hydroxylation is 1.